The average Bonchev–Trinajstić information content (AvgIpc) is 2.76. The van der Waals surface area contributed by atoms with Crippen molar-refractivity contribution >= 4 is 18.1 Å². The number of hydrogen-bond donors (Lipinski definition) is 3. The summed E-state index contributed by atoms with van der Waals surface area (Å²) in [6.07, 6.45) is 0.298. The van der Waals surface area contributed by atoms with Crippen LogP contribution in [-0.4, -0.2) is 42.0 Å². The second kappa shape index (κ2) is 11.6. The van der Waals surface area contributed by atoms with E-state index in [9.17, 15) is 19.8 Å². The average molecular weight is 399 g/mol. The molecule has 2 unspecified atom stereocenters. The van der Waals surface area contributed by atoms with E-state index in [1.54, 1.807) is 30.3 Å². The Morgan fingerprint density at radius 2 is 1.76 bits per heavy atom. The van der Waals surface area contributed by atoms with Crippen LogP contribution in [0.2, 0.25) is 0 Å². The van der Waals surface area contributed by atoms with Gasteiger partial charge < -0.3 is 25.0 Å². The van der Waals surface area contributed by atoms with Crippen LogP contribution in [0.4, 0.5) is 4.79 Å². The van der Waals surface area contributed by atoms with E-state index in [0.29, 0.717) is 5.56 Å². The summed E-state index contributed by atoms with van der Waals surface area (Å²) < 4.78 is 9.60. The minimum atomic E-state index is -1.10. The molecule has 2 rings (SSSR count). The Hall–Kier alpha value is -3.16. The van der Waals surface area contributed by atoms with Crippen molar-refractivity contribution in [1.82, 2.24) is 5.32 Å². The van der Waals surface area contributed by atoms with Crippen LogP contribution in [0.5, 0.6) is 0 Å². The van der Waals surface area contributed by atoms with Crippen LogP contribution in [-0.2, 0) is 20.9 Å². The van der Waals surface area contributed by atoms with E-state index in [4.69, 9.17) is 4.74 Å². The van der Waals surface area contributed by atoms with Crippen LogP contribution in [0.15, 0.2) is 60.7 Å². The zero-order chi connectivity index (χ0) is 21.1. The molecule has 0 aliphatic rings. The Balaban J connectivity index is 1.74. The SMILES string of the molecule is COC(=O)/C=C/c1ccc(C(O)C(O)CCNC(=O)OCc2ccccc2)cc1. The van der Waals surface area contributed by atoms with Crippen molar-refractivity contribution < 1.29 is 29.3 Å². The summed E-state index contributed by atoms with van der Waals surface area (Å²) in [5.74, 6) is -0.459. The monoisotopic (exact) mass is 399 g/mol. The summed E-state index contributed by atoms with van der Waals surface area (Å²) in [6.45, 7) is 0.320. The van der Waals surface area contributed by atoms with Crippen molar-refractivity contribution in [3.05, 3.63) is 77.4 Å². The number of benzene rings is 2. The Labute approximate surface area is 169 Å². The molecule has 3 N–H and O–H groups in total. The number of methoxy groups -OCH3 is 1. The first-order chi connectivity index (χ1) is 14.0. The third kappa shape index (κ3) is 7.77. The third-order valence-electron chi connectivity index (χ3n) is 4.18. The molecule has 0 bridgehead atoms. The first-order valence-corrected chi connectivity index (χ1v) is 9.16. The molecular formula is C22H25NO6. The van der Waals surface area contributed by atoms with Gasteiger partial charge in [0.05, 0.1) is 13.2 Å². The Morgan fingerprint density at radius 1 is 1.07 bits per heavy atom. The lowest BCUT2D eigenvalue weighted by Gasteiger charge is -2.18. The molecule has 29 heavy (non-hydrogen) atoms. The van der Waals surface area contributed by atoms with Crippen molar-refractivity contribution in [3.63, 3.8) is 0 Å². The smallest absolute Gasteiger partial charge is 0.407 e. The van der Waals surface area contributed by atoms with Crippen LogP contribution in [0.1, 0.15) is 29.2 Å². The van der Waals surface area contributed by atoms with Crippen LogP contribution in [0, 0.1) is 0 Å². The van der Waals surface area contributed by atoms with Gasteiger partial charge in [-0.3, -0.25) is 0 Å². The number of rotatable bonds is 9. The molecule has 0 aliphatic carbocycles. The normalized spacial score (nSPS) is 12.9. The number of aliphatic hydroxyl groups is 2. The minimum absolute atomic E-state index is 0.158. The van der Waals surface area contributed by atoms with Crippen LogP contribution >= 0.6 is 0 Å². The Morgan fingerprint density at radius 3 is 2.41 bits per heavy atom. The number of carbonyl (C=O) groups excluding carboxylic acids is 2. The molecule has 0 radical (unpaired) electrons. The molecule has 1 amide bonds. The predicted molar refractivity (Wildman–Crippen MR) is 108 cm³/mol. The summed E-state index contributed by atoms with van der Waals surface area (Å²) in [4.78, 5) is 22.8. The third-order valence-corrected chi connectivity index (χ3v) is 4.18. The fraction of sp³-hybridized carbons (Fsp3) is 0.273. The molecular weight excluding hydrogens is 374 g/mol. The molecule has 0 fully saturated rings. The molecule has 2 atom stereocenters. The topological polar surface area (TPSA) is 105 Å². The van der Waals surface area contributed by atoms with Gasteiger partial charge in [-0.2, -0.15) is 0 Å². The highest BCUT2D eigenvalue weighted by molar-refractivity contribution is 5.86. The predicted octanol–water partition coefficient (Wildman–Crippen LogP) is 2.58. The number of alkyl carbamates (subject to hydrolysis) is 1. The lowest BCUT2D eigenvalue weighted by Crippen LogP contribution is -2.29. The lowest BCUT2D eigenvalue weighted by atomic mass is 10.0. The number of aliphatic hydroxyl groups excluding tert-OH is 2. The quantitative estimate of drug-likeness (QED) is 0.442. The van der Waals surface area contributed by atoms with E-state index >= 15 is 0 Å². The molecule has 154 valence electrons. The van der Waals surface area contributed by atoms with Crippen molar-refractivity contribution in [3.8, 4) is 0 Å². The standard InChI is InChI=1S/C22H25NO6/c1-28-20(25)12-9-16-7-10-18(11-8-16)21(26)19(24)13-14-23-22(27)29-15-17-5-3-2-4-6-17/h2-12,19,21,24,26H,13-15H2,1H3,(H,23,27)/b12-9+. The molecule has 0 heterocycles. The van der Waals surface area contributed by atoms with Crippen molar-refractivity contribution in [1.29, 1.82) is 0 Å². The van der Waals surface area contributed by atoms with E-state index < -0.39 is 24.3 Å². The largest absolute Gasteiger partial charge is 0.466 e. The van der Waals surface area contributed by atoms with Gasteiger partial charge in [0.2, 0.25) is 0 Å². The molecule has 7 heteroatoms. The van der Waals surface area contributed by atoms with E-state index in [1.165, 1.54) is 13.2 Å². The van der Waals surface area contributed by atoms with Gasteiger partial charge in [0.15, 0.2) is 0 Å². The fourth-order valence-electron chi connectivity index (χ4n) is 2.51. The summed E-state index contributed by atoms with van der Waals surface area (Å²) in [6, 6.07) is 16.0. The molecule has 0 spiro atoms. The molecule has 0 aliphatic heterocycles. The van der Waals surface area contributed by atoms with Gasteiger partial charge in [-0.1, -0.05) is 54.6 Å². The van der Waals surface area contributed by atoms with Crippen molar-refractivity contribution in [2.24, 2.45) is 0 Å². The number of amides is 1. The number of nitrogens with one attached hydrogen (secondary N) is 1. The van der Waals surface area contributed by atoms with Gasteiger partial charge in [-0.05, 0) is 29.2 Å². The van der Waals surface area contributed by atoms with E-state index in [1.807, 2.05) is 30.3 Å². The minimum Gasteiger partial charge on any atom is -0.466 e. The van der Waals surface area contributed by atoms with E-state index in [2.05, 4.69) is 10.1 Å². The second-order valence-electron chi connectivity index (χ2n) is 6.31. The molecule has 0 saturated carbocycles. The number of hydrogen-bond acceptors (Lipinski definition) is 6. The van der Waals surface area contributed by atoms with Gasteiger partial charge in [0.25, 0.3) is 0 Å². The van der Waals surface area contributed by atoms with Crippen molar-refractivity contribution in [2.45, 2.75) is 25.2 Å². The molecule has 7 nitrogen and oxygen atoms in total. The maximum atomic E-state index is 11.7. The first-order valence-electron chi connectivity index (χ1n) is 9.16. The summed E-state index contributed by atoms with van der Waals surface area (Å²) in [5.41, 5.74) is 2.16. The summed E-state index contributed by atoms with van der Waals surface area (Å²) >= 11 is 0. The zero-order valence-corrected chi connectivity index (χ0v) is 16.2. The van der Waals surface area contributed by atoms with Gasteiger partial charge >= 0.3 is 12.1 Å². The summed E-state index contributed by atoms with van der Waals surface area (Å²) in [7, 11) is 1.30. The second-order valence-corrected chi connectivity index (χ2v) is 6.31. The molecule has 0 saturated heterocycles. The number of esters is 1. The Bertz CT molecular complexity index is 804. The van der Waals surface area contributed by atoms with Gasteiger partial charge in [-0.25, -0.2) is 9.59 Å². The van der Waals surface area contributed by atoms with E-state index in [-0.39, 0.29) is 19.6 Å². The van der Waals surface area contributed by atoms with Crippen LogP contribution in [0.3, 0.4) is 0 Å². The highest BCUT2D eigenvalue weighted by atomic mass is 16.5. The summed E-state index contributed by atoms with van der Waals surface area (Å²) in [5, 5.41) is 23.0. The van der Waals surface area contributed by atoms with Gasteiger partial charge in [-0.15, -0.1) is 0 Å². The highest BCUT2D eigenvalue weighted by Gasteiger charge is 2.18. The van der Waals surface area contributed by atoms with Crippen LogP contribution in [0.25, 0.3) is 6.08 Å². The van der Waals surface area contributed by atoms with Gasteiger partial charge in [0, 0.05) is 12.6 Å². The zero-order valence-electron chi connectivity index (χ0n) is 16.2. The maximum Gasteiger partial charge on any atom is 0.407 e. The maximum absolute atomic E-state index is 11.7. The Kier molecular flexibility index (Phi) is 8.88. The molecule has 2 aromatic rings. The fourth-order valence-corrected chi connectivity index (χ4v) is 2.51. The molecule has 0 aromatic heterocycles. The molecule has 2 aromatic carbocycles. The van der Waals surface area contributed by atoms with Gasteiger partial charge in [0.1, 0.15) is 12.7 Å². The number of carbonyl (C=O) groups is 2. The van der Waals surface area contributed by atoms with E-state index in [0.717, 1.165) is 11.1 Å². The first kappa shape index (κ1) is 22.1. The lowest BCUT2D eigenvalue weighted by molar-refractivity contribution is -0.134. The van der Waals surface area contributed by atoms with Crippen molar-refractivity contribution in [2.75, 3.05) is 13.7 Å². The highest BCUT2D eigenvalue weighted by Crippen LogP contribution is 2.19. The van der Waals surface area contributed by atoms with Crippen LogP contribution < -0.4 is 5.32 Å². The number of ether oxygens (including phenoxy) is 2.